The van der Waals surface area contributed by atoms with Gasteiger partial charge in [-0.3, -0.25) is 14.5 Å². The molecule has 2 heterocycles. The lowest BCUT2D eigenvalue weighted by atomic mass is 10.0. The van der Waals surface area contributed by atoms with E-state index in [9.17, 15) is 14.7 Å². The molecule has 0 bridgehead atoms. The zero-order chi connectivity index (χ0) is 24.8. The molecule has 2 aliphatic heterocycles. The maximum Gasteiger partial charge on any atom is 0.252 e. The summed E-state index contributed by atoms with van der Waals surface area (Å²) in [4.78, 5) is 28.4. The molecule has 0 spiro atoms. The van der Waals surface area contributed by atoms with Gasteiger partial charge in [-0.15, -0.1) is 0 Å². The van der Waals surface area contributed by atoms with Crippen molar-refractivity contribution in [3.63, 3.8) is 0 Å². The number of carbonyl (C=O) groups excluding carboxylic acids is 2. The first-order chi connectivity index (χ1) is 16.9. The molecule has 2 aromatic rings. The highest BCUT2D eigenvalue weighted by Crippen LogP contribution is 2.32. The summed E-state index contributed by atoms with van der Waals surface area (Å²) in [6, 6.07) is 14.1. The van der Waals surface area contributed by atoms with Gasteiger partial charge >= 0.3 is 0 Å². The molecule has 188 valence electrons. The van der Waals surface area contributed by atoms with Crippen LogP contribution in [0.25, 0.3) is 0 Å². The molecular formula is C27H35N3O5. The van der Waals surface area contributed by atoms with Gasteiger partial charge in [0.2, 0.25) is 12.7 Å². The van der Waals surface area contributed by atoms with Gasteiger partial charge < -0.3 is 25.2 Å². The third kappa shape index (κ3) is 6.74. The molecule has 4 rings (SSSR count). The number of carbonyl (C=O) groups is 2. The van der Waals surface area contributed by atoms with Crippen molar-refractivity contribution in [3.05, 3.63) is 59.7 Å². The van der Waals surface area contributed by atoms with Crippen molar-refractivity contribution in [2.45, 2.75) is 57.8 Å². The number of aliphatic hydroxyl groups excluding tert-OH is 1. The number of rotatable bonds is 8. The quantitative estimate of drug-likeness (QED) is 0.536. The van der Waals surface area contributed by atoms with E-state index in [-0.39, 0.29) is 30.6 Å². The van der Waals surface area contributed by atoms with Crippen LogP contribution in [0.2, 0.25) is 0 Å². The molecule has 0 radical (unpaired) electrons. The lowest BCUT2D eigenvalue weighted by molar-refractivity contribution is -0.125. The van der Waals surface area contributed by atoms with E-state index < -0.39 is 12.1 Å². The maximum absolute atomic E-state index is 13.2. The minimum atomic E-state index is -0.705. The Morgan fingerprint density at radius 1 is 1.11 bits per heavy atom. The maximum atomic E-state index is 13.2. The largest absolute Gasteiger partial charge is 0.454 e. The minimum absolute atomic E-state index is 0.130. The molecule has 2 unspecified atom stereocenters. The summed E-state index contributed by atoms with van der Waals surface area (Å²) in [6.07, 6.45) is 1.36. The van der Waals surface area contributed by atoms with E-state index in [0.717, 1.165) is 19.5 Å². The molecule has 0 aromatic heterocycles. The second-order valence-electron chi connectivity index (χ2n) is 9.77. The summed E-state index contributed by atoms with van der Waals surface area (Å²) < 4.78 is 10.7. The lowest BCUT2D eigenvalue weighted by Gasteiger charge is -2.27. The van der Waals surface area contributed by atoms with E-state index >= 15 is 0 Å². The smallest absolute Gasteiger partial charge is 0.252 e. The van der Waals surface area contributed by atoms with E-state index in [0.29, 0.717) is 36.4 Å². The number of fused-ring (bicyclic) bond motifs is 1. The third-order valence-corrected chi connectivity index (χ3v) is 6.44. The molecule has 8 nitrogen and oxygen atoms in total. The fraction of sp³-hybridized carbons (Fsp3) is 0.481. The van der Waals surface area contributed by atoms with Crippen LogP contribution < -0.4 is 20.1 Å². The van der Waals surface area contributed by atoms with E-state index in [1.807, 2.05) is 32.0 Å². The highest BCUT2D eigenvalue weighted by atomic mass is 16.7. The minimum Gasteiger partial charge on any atom is -0.454 e. The molecule has 1 saturated heterocycles. The Kier molecular flexibility index (Phi) is 8.25. The zero-order valence-electron chi connectivity index (χ0n) is 20.4. The Labute approximate surface area is 206 Å². The molecule has 2 aromatic carbocycles. The van der Waals surface area contributed by atoms with Crippen LogP contribution in [0.5, 0.6) is 11.5 Å². The zero-order valence-corrected chi connectivity index (χ0v) is 20.4. The second-order valence-corrected chi connectivity index (χ2v) is 9.77. The molecule has 3 atom stereocenters. The molecule has 3 N–H and O–H groups in total. The van der Waals surface area contributed by atoms with Gasteiger partial charge in [0, 0.05) is 18.7 Å². The summed E-state index contributed by atoms with van der Waals surface area (Å²) in [5, 5.41) is 16.8. The molecule has 1 fully saturated rings. The van der Waals surface area contributed by atoms with Gasteiger partial charge in [0.05, 0.1) is 12.1 Å². The third-order valence-electron chi connectivity index (χ3n) is 6.44. The van der Waals surface area contributed by atoms with E-state index in [4.69, 9.17) is 9.47 Å². The first-order valence-electron chi connectivity index (χ1n) is 12.3. The topological polar surface area (TPSA) is 100 Å². The molecule has 8 heteroatoms. The molecule has 0 saturated carbocycles. The van der Waals surface area contributed by atoms with Crippen LogP contribution in [-0.4, -0.2) is 59.9 Å². The van der Waals surface area contributed by atoms with Crippen LogP contribution >= 0.6 is 0 Å². The van der Waals surface area contributed by atoms with Gasteiger partial charge in [0.15, 0.2) is 11.5 Å². The van der Waals surface area contributed by atoms with Crippen LogP contribution in [0.1, 0.15) is 49.0 Å². The van der Waals surface area contributed by atoms with Crippen LogP contribution in [0, 0.1) is 5.92 Å². The number of ether oxygens (including phenoxy) is 2. The number of amides is 2. The number of β-amino-alcohol motifs (C(OH)–C–C–N with tert-alkyl or cyclic N) is 1. The average Bonchev–Trinajstić information content (AvgIpc) is 3.24. The molecular weight excluding hydrogens is 446 g/mol. The Hall–Kier alpha value is -3.10. The van der Waals surface area contributed by atoms with Crippen LogP contribution in [-0.2, 0) is 11.3 Å². The summed E-state index contributed by atoms with van der Waals surface area (Å²) >= 11 is 0. The van der Waals surface area contributed by atoms with Gasteiger partial charge in [0.1, 0.15) is 6.04 Å². The molecule has 2 aliphatic rings. The first-order valence-corrected chi connectivity index (χ1v) is 12.3. The van der Waals surface area contributed by atoms with E-state index in [1.54, 1.807) is 18.2 Å². The van der Waals surface area contributed by atoms with Crippen molar-refractivity contribution < 1.29 is 24.2 Å². The monoisotopic (exact) mass is 481 g/mol. The number of aliphatic hydroxyl groups is 1. The SMILES string of the molecule is CC(C)CC(NC(=O)c1ccc2c(c1)OCO2)C(=O)NC1CCCN(Cc2ccccc2)C[C@@H]1O. The van der Waals surface area contributed by atoms with Gasteiger partial charge in [-0.2, -0.15) is 0 Å². The highest BCUT2D eigenvalue weighted by molar-refractivity contribution is 5.98. The Morgan fingerprint density at radius 2 is 1.89 bits per heavy atom. The number of likely N-dealkylation sites (tertiary alicyclic amines) is 1. The predicted octanol–water partition coefficient (Wildman–Crippen LogP) is 2.70. The summed E-state index contributed by atoms with van der Waals surface area (Å²) in [6.45, 7) is 6.25. The number of hydrogen-bond acceptors (Lipinski definition) is 6. The summed E-state index contributed by atoms with van der Waals surface area (Å²) in [5.41, 5.74) is 1.60. The highest BCUT2D eigenvalue weighted by Gasteiger charge is 2.30. The molecule has 2 amide bonds. The van der Waals surface area contributed by atoms with Crippen molar-refractivity contribution in [2.75, 3.05) is 19.9 Å². The van der Waals surface area contributed by atoms with Crippen molar-refractivity contribution in [2.24, 2.45) is 5.92 Å². The Morgan fingerprint density at radius 3 is 2.66 bits per heavy atom. The molecule has 0 aliphatic carbocycles. The van der Waals surface area contributed by atoms with Gasteiger partial charge in [-0.05, 0) is 55.5 Å². The first kappa shape index (κ1) is 25.0. The lowest BCUT2D eigenvalue weighted by Crippen LogP contribution is -2.53. The van der Waals surface area contributed by atoms with E-state index in [1.165, 1.54) is 5.56 Å². The normalized spacial score (nSPS) is 20.8. The standard InChI is InChI=1S/C27H35N3O5/c1-18(2)13-22(29-26(32)20-10-11-24-25(14-20)35-17-34-24)27(33)28-21-9-6-12-30(16-23(21)31)15-19-7-4-3-5-8-19/h3-5,7-8,10-11,14,18,21-23,31H,6,9,12-13,15-17H2,1-2H3,(H,28,33)(H,29,32)/t21?,22?,23-/m0/s1. The molecule has 35 heavy (non-hydrogen) atoms. The number of nitrogens with one attached hydrogen (secondary N) is 2. The van der Waals surface area contributed by atoms with Crippen molar-refractivity contribution in [1.29, 1.82) is 0 Å². The number of hydrogen-bond donors (Lipinski definition) is 3. The fourth-order valence-corrected chi connectivity index (χ4v) is 4.63. The summed E-state index contributed by atoms with van der Waals surface area (Å²) in [5.74, 6) is 0.696. The van der Waals surface area contributed by atoms with Crippen molar-refractivity contribution in [3.8, 4) is 11.5 Å². The number of benzene rings is 2. The van der Waals surface area contributed by atoms with Crippen molar-refractivity contribution >= 4 is 11.8 Å². The Bertz CT molecular complexity index is 1010. The average molecular weight is 482 g/mol. The van der Waals surface area contributed by atoms with Crippen molar-refractivity contribution in [1.82, 2.24) is 15.5 Å². The van der Waals surface area contributed by atoms with Crippen LogP contribution in [0.3, 0.4) is 0 Å². The summed E-state index contributed by atoms with van der Waals surface area (Å²) in [7, 11) is 0. The van der Waals surface area contributed by atoms with Gasteiger partial charge in [-0.25, -0.2) is 0 Å². The fourth-order valence-electron chi connectivity index (χ4n) is 4.63. The number of nitrogens with zero attached hydrogens (tertiary/aromatic N) is 1. The Balaban J connectivity index is 1.37. The van der Waals surface area contributed by atoms with Crippen LogP contribution in [0.4, 0.5) is 0 Å². The van der Waals surface area contributed by atoms with Gasteiger partial charge in [0.25, 0.3) is 5.91 Å². The second kappa shape index (κ2) is 11.6. The predicted molar refractivity (Wildman–Crippen MR) is 132 cm³/mol. The van der Waals surface area contributed by atoms with E-state index in [2.05, 4.69) is 27.7 Å². The van der Waals surface area contributed by atoms with Crippen LogP contribution in [0.15, 0.2) is 48.5 Å². The van der Waals surface area contributed by atoms with Gasteiger partial charge in [-0.1, -0.05) is 44.2 Å².